The second-order valence-corrected chi connectivity index (χ2v) is 6.41. The van der Waals surface area contributed by atoms with Gasteiger partial charge in [0.05, 0.1) is 4.90 Å². The number of primary sulfonamides is 1. The molecule has 0 saturated carbocycles. The minimum atomic E-state index is -3.81. The molecule has 1 aromatic carbocycles. The first-order valence-electron chi connectivity index (χ1n) is 5.23. The monoisotopic (exact) mass is 301 g/mol. The number of nitrogens with one attached hydrogen (secondary N) is 2. The summed E-state index contributed by atoms with van der Waals surface area (Å²) in [5.74, 6) is -0.0515. The molecule has 2 rings (SSSR count). The fourth-order valence-electron chi connectivity index (χ4n) is 1.51. The van der Waals surface area contributed by atoms with Crippen LogP contribution in [0.5, 0.6) is 0 Å². The minimum Gasteiger partial charge on any atom is -0.334 e. The topological polar surface area (TPSA) is 118 Å². The first kappa shape index (κ1) is 13.8. The lowest BCUT2D eigenvalue weighted by molar-refractivity contribution is -0.117. The number of nitrogens with two attached hydrogens (primary N) is 1. The van der Waals surface area contributed by atoms with Crippen molar-refractivity contribution in [3.8, 4) is 0 Å². The highest BCUT2D eigenvalue weighted by Crippen LogP contribution is 2.17. The number of thioether (sulfide) groups is 1. The van der Waals surface area contributed by atoms with Crippen molar-refractivity contribution < 1.29 is 18.0 Å². The molecule has 0 aliphatic carbocycles. The lowest BCUT2D eigenvalue weighted by Crippen LogP contribution is -2.38. The van der Waals surface area contributed by atoms with Gasteiger partial charge in [0, 0.05) is 11.4 Å². The van der Waals surface area contributed by atoms with Crippen LogP contribution in [0.1, 0.15) is 0 Å². The van der Waals surface area contributed by atoms with Crippen LogP contribution in [-0.2, 0) is 14.8 Å². The van der Waals surface area contributed by atoms with E-state index in [9.17, 15) is 18.0 Å². The van der Waals surface area contributed by atoms with E-state index in [0.29, 0.717) is 11.4 Å². The first-order valence-corrected chi connectivity index (χ1v) is 7.76. The molecule has 102 valence electrons. The van der Waals surface area contributed by atoms with Gasteiger partial charge in [0.2, 0.25) is 15.9 Å². The summed E-state index contributed by atoms with van der Waals surface area (Å²) in [5.41, 5.74) is 0.308. The fraction of sp³-hybridized carbons (Fsp3) is 0.200. The molecule has 1 fully saturated rings. The highest BCUT2D eigenvalue weighted by atomic mass is 32.2. The third kappa shape index (κ3) is 3.46. The zero-order valence-electron chi connectivity index (χ0n) is 9.62. The molecule has 9 heteroatoms. The quantitative estimate of drug-likeness (QED) is 0.731. The van der Waals surface area contributed by atoms with E-state index in [-0.39, 0.29) is 10.1 Å². The van der Waals surface area contributed by atoms with Crippen LogP contribution in [0.15, 0.2) is 29.2 Å². The van der Waals surface area contributed by atoms with Crippen LogP contribution in [-0.4, -0.2) is 31.4 Å². The Bertz CT molecular complexity index is 629. The van der Waals surface area contributed by atoms with E-state index in [1.165, 1.54) is 24.3 Å². The summed E-state index contributed by atoms with van der Waals surface area (Å²) in [6.07, 6.45) is 0. The average Bonchev–Trinajstić information content (AvgIpc) is 2.75. The smallest absolute Gasteiger partial charge is 0.279 e. The number of benzene rings is 1. The number of carbonyl (C=O) groups is 2. The van der Waals surface area contributed by atoms with E-state index in [4.69, 9.17) is 5.14 Å². The van der Waals surface area contributed by atoms with Gasteiger partial charge < -0.3 is 10.6 Å². The Kier molecular flexibility index (Phi) is 3.78. The lowest BCUT2D eigenvalue weighted by atomic mass is 10.2. The Hall–Kier alpha value is -1.58. The van der Waals surface area contributed by atoms with Gasteiger partial charge in [-0.1, -0.05) is 17.8 Å². The standard InChI is InChI=1S/C10H11N3O4S2/c11-19(16,17)7-3-1-2-6(4-7)12-9(14)8-5-18-10(15)13-8/h1-4,8H,5H2,(H,12,14)(H,13,15)(H2,11,16,17). The maximum atomic E-state index is 11.8. The van der Waals surface area contributed by atoms with Crippen molar-refractivity contribution in [2.24, 2.45) is 5.14 Å². The molecule has 1 atom stereocenters. The molecule has 7 nitrogen and oxygen atoms in total. The maximum Gasteiger partial charge on any atom is 0.279 e. The number of anilines is 1. The summed E-state index contributed by atoms with van der Waals surface area (Å²) < 4.78 is 22.3. The number of rotatable bonds is 3. The second kappa shape index (κ2) is 5.19. The van der Waals surface area contributed by atoms with Gasteiger partial charge in [0.15, 0.2) is 0 Å². The van der Waals surface area contributed by atoms with Crippen LogP contribution in [0.4, 0.5) is 10.5 Å². The van der Waals surface area contributed by atoms with Crippen molar-refractivity contribution in [3.05, 3.63) is 24.3 Å². The third-order valence-corrected chi connectivity index (χ3v) is 4.21. The molecule has 0 bridgehead atoms. The van der Waals surface area contributed by atoms with E-state index >= 15 is 0 Å². The summed E-state index contributed by atoms with van der Waals surface area (Å²) >= 11 is 1.02. The highest BCUT2D eigenvalue weighted by molar-refractivity contribution is 8.14. The number of hydrogen-bond donors (Lipinski definition) is 3. The summed E-state index contributed by atoms with van der Waals surface area (Å²) in [5, 5.41) is 9.76. The van der Waals surface area contributed by atoms with Crippen molar-refractivity contribution in [2.45, 2.75) is 10.9 Å². The van der Waals surface area contributed by atoms with E-state index in [1.54, 1.807) is 0 Å². The number of amides is 2. The van der Waals surface area contributed by atoms with Gasteiger partial charge >= 0.3 is 0 Å². The first-order chi connectivity index (χ1) is 8.86. The zero-order chi connectivity index (χ0) is 14.0. The predicted octanol–water partition coefficient (Wildman–Crippen LogP) is 0.0975. The summed E-state index contributed by atoms with van der Waals surface area (Å²) in [7, 11) is -3.81. The molecule has 0 aromatic heterocycles. The van der Waals surface area contributed by atoms with Gasteiger partial charge in [-0.25, -0.2) is 13.6 Å². The van der Waals surface area contributed by atoms with E-state index in [2.05, 4.69) is 10.6 Å². The number of sulfonamides is 1. The van der Waals surface area contributed by atoms with Crippen molar-refractivity contribution in [2.75, 3.05) is 11.1 Å². The van der Waals surface area contributed by atoms with Gasteiger partial charge in [-0.05, 0) is 18.2 Å². The van der Waals surface area contributed by atoms with Crippen LogP contribution >= 0.6 is 11.8 Å². The molecular formula is C10H11N3O4S2. The Morgan fingerprint density at radius 1 is 1.47 bits per heavy atom. The van der Waals surface area contributed by atoms with Crippen molar-refractivity contribution in [3.63, 3.8) is 0 Å². The van der Waals surface area contributed by atoms with Crippen LogP contribution < -0.4 is 15.8 Å². The molecular weight excluding hydrogens is 290 g/mol. The Labute approximate surface area is 114 Å². The molecule has 1 saturated heterocycles. The molecule has 1 aromatic rings. The van der Waals surface area contributed by atoms with E-state index in [0.717, 1.165) is 11.8 Å². The fourth-order valence-corrected chi connectivity index (χ4v) is 2.84. The SMILES string of the molecule is NS(=O)(=O)c1cccc(NC(=O)C2CSC(=O)N2)c1. The highest BCUT2D eigenvalue weighted by Gasteiger charge is 2.28. The van der Waals surface area contributed by atoms with Gasteiger partial charge in [-0.15, -0.1) is 0 Å². The van der Waals surface area contributed by atoms with Crippen molar-refractivity contribution in [1.82, 2.24) is 5.32 Å². The van der Waals surface area contributed by atoms with Crippen molar-refractivity contribution >= 4 is 38.6 Å². The van der Waals surface area contributed by atoms with Crippen LogP contribution in [0, 0.1) is 0 Å². The van der Waals surface area contributed by atoms with E-state index in [1.807, 2.05) is 0 Å². The largest absolute Gasteiger partial charge is 0.334 e. The van der Waals surface area contributed by atoms with Crippen LogP contribution in [0.3, 0.4) is 0 Å². The van der Waals surface area contributed by atoms with Crippen molar-refractivity contribution in [1.29, 1.82) is 0 Å². The van der Waals surface area contributed by atoms with E-state index < -0.39 is 22.0 Å². The zero-order valence-corrected chi connectivity index (χ0v) is 11.3. The molecule has 1 aliphatic rings. The number of carbonyl (C=O) groups excluding carboxylic acids is 2. The molecule has 19 heavy (non-hydrogen) atoms. The Balaban J connectivity index is 2.11. The maximum absolute atomic E-state index is 11.8. The Morgan fingerprint density at radius 2 is 2.21 bits per heavy atom. The molecule has 2 amide bonds. The van der Waals surface area contributed by atoms with Gasteiger partial charge in [-0.2, -0.15) is 0 Å². The van der Waals surface area contributed by atoms with Crippen LogP contribution in [0.25, 0.3) is 0 Å². The molecule has 1 aliphatic heterocycles. The third-order valence-electron chi connectivity index (χ3n) is 2.42. The van der Waals surface area contributed by atoms with Gasteiger partial charge in [0.1, 0.15) is 6.04 Å². The van der Waals surface area contributed by atoms with Gasteiger partial charge in [0.25, 0.3) is 5.24 Å². The summed E-state index contributed by atoms with van der Waals surface area (Å²) in [6, 6.07) is 4.99. The normalized spacial score (nSPS) is 19.0. The lowest BCUT2D eigenvalue weighted by Gasteiger charge is -2.10. The second-order valence-electron chi connectivity index (χ2n) is 3.86. The van der Waals surface area contributed by atoms with Gasteiger partial charge in [-0.3, -0.25) is 9.59 Å². The predicted molar refractivity (Wildman–Crippen MR) is 71.2 cm³/mol. The number of hydrogen-bond acceptors (Lipinski definition) is 5. The molecule has 1 unspecified atom stereocenters. The molecule has 0 spiro atoms. The Morgan fingerprint density at radius 3 is 2.79 bits per heavy atom. The van der Waals surface area contributed by atoms with Crippen LogP contribution in [0.2, 0.25) is 0 Å². The molecule has 0 radical (unpaired) electrons. The molecule has 1 heterocycles. The molecule has 4 N–H and O–H groups in total. The summed E-state index contributed by atoms with van der Waals surface area (Å²) in [4.78, 5) is 22.7. The summed E-state index contributed by atoms with van der Waals surface area (Å²) in [6.45, 7) is 0. The average molecular weight is 301 g/mol. The minimum absolute atomic E-state index is 0.0878.